The third-order valence-corrected chi connectivity index (χ3v) is 2.00. The van der Waals surface area contributed by atoms with Crippen LogP contribution in [0.5, 0.6) is 0 Å². The molecule has 1 aliphatic rings. The van der Waals surface area contributed by atoms with Crippen LogP contribution in [0.3, 0.4) is 0 Å². The van der Waals surface area contributed by atoms with E-state index >= 15 is 0 Å². The van der Waals surface area contributed by atoms with Gasteiger partial charge in [0, 0.05) is 5.69 Å². The summed E-state index contributed by atoms with van der Waals surface area (Å²) in [6, 6.07) is 9.81. The molecule has 0 aromatic heterocycles. The van der Waals surface area contributed by atoms with Gasteiger partial charge >= 0.3 is 0 Å². The minimum atomic E-state index is 0.134. The van der Waals surface area contributed by atoms with E-state index in [9.17, 15) is 4.79 Å². The van der Waals surface area contributed by atoms with Crippen LogP contribution in [0.25, 0.3) is 0 Å². The first-order valence-electron chi connectivity index (χ1n) is 4.26. The first kappa shape index (κ1) is 8.26. The lowest BCUT2D eigenvalue weighted by Crippen LogP contribution is -2.39. The van der Waals surface area contributed by atoms with E-state index in [1.54, 1.807) is 0 Å². The highest BCUT2D eigenvalue weighted by Crippen LogP contribution is 2.14. The van der Waals surface area contributed by atoms with Crippen molar-refractivity contribution in [3.05, 3.63) is 30.3 Å². The molecule has 0 bridgehead atoms. The van der Waals surface area contributed by atoms with Crippen molar-refractivity contribution < 1.29 is 9.53 Å². The van der Waals surface area contributed by atoms with Gasteiger partial charge in [-0.1, -0.05) is 18.2 Å². The Morgan fingerprint density at radius 2 is 2.00 bits per heavy atom. The highest BCUT2D eigenvalue weighted by atomic mass is 16.5. The van der Waals surface area contributed by atoms with Crippen molar-refractivity contribution >= 4 is 11.5 Å². The van der Waals surface area contributed by atoms with Crippen LogP contribution >= 0.6 is 0 Å². The molecule has 13 heavy (non-hydrogen) atoms. The molecule has 1 heterocycles. The Balaban J connectivity index is 2.13. The molecular formula is C10H11NO2. The summed E-state index contributed by atoms with van der Waals surface area (Å²) in [5.41, 5.74) is 1.04. The predicted molar refractivity (Wildman–Crippen MR) is 49.6 cm³/mol. The minimum Gasteiger partial charge on any atom is -0.353 e. The summed E-state index contributed by atoms with van der Waals surface area (Å²) in [7, 11) is 0. The molecular weight excluding hydrogens is 166 g/mol. The van der Waals surface area contributed by atoms with Gasteiger partial charge in [-0.15, -0.1) is 0 Å². The van der Waals surface area contributed by atoms with Gasteiger partial charge in [-0.3, -0.25) is 4.79 Å². The molecule has 0 N–H and O–H groups in total. The number of rotatable bonds is 1. The standard InChI is InChI=1S/C10H11NO2/c12-10-6-11(8-13-7-10)9-4-2-1-3-5-9/h1-5H,6-8H2. The van der Waals surface area contributed by atoms with E-state index < -0.39 is 0 Å². The quantitative estimate of drug-likeness (QED) is 0.642. The molecule has 3 nitrogen and oxygen atoms in total. The molecule has 0 saturated carbocycles. The molecule has 68 valence electrons. The van der Waals surface area contributed by atoms with Gasteiger partial charge in [-0.25, -0.2) is 0 Å². The second-order valence-corrected chi connectivity index (χ2v) is 3.05. The second kappa shape index (κ2) is 3.58. The summed E-state index contributed by atoms with van der Waals surface area (Å²) < 4.78 is 5.13. The van der Waals surface area contributed by atoms with Crippen molar-refractivity contribution in [2.75, 3.05) is 24.8 Å². The molecule has 0 radical (unpaired) electrons. The van der Waals surface area contributed by atoms with E-state index in [1.165, 1.54) is 0 Å². The number of benzene rings is 1. The lowest BCUT2D eigenvalue weighted by molar-refractivity contribution is -0.125. The van der Waals surface area contributed by atoms with Gasteiger partial charge in [0.05, 0.1) is 6.54 Å². The highest BCUT2D eigenvalue weighted by molar-refractivity contribution is 5.85. The third kappa shape index (κ3) is 1.87. The molecule has 1 saturated heterocycles. The van der Waals surface area contributed by atoms with E-state index in [1.807, 2.05) is 35.2 Å². The number of para-hydroxylation sites is 1. The van der Waals surface area contributed by atoms with E-state index in [-0.39, 0.29) is 12.4 Å². The third-order valence-electron chi connectivity index (χ3n) is 2.00. The topological polar surface area (TPSA) is 29.5 Å². The first-order chi connectivity index (χ1) is 6.36. The maximum Gasteiger partial charge on any atom is 0.177 e. The number of carbonyl (C=O) groups is 1. The average Bonchev–Trinajstić information content (AvgIpc) is 2.19. The lowest BCUT2D eigenvalue weighted by atomic mass is 10.2. The van der Waals surface area contributed by atoms with Crippen molar-refractivity contribution in [3.63, 3.8) is 0 Å². The maximum atomic E-state index is 11.1. The summed E-state index contributed by atoms with van der Waals surface area (Å²) in [5.74, 6) is 0.134. The number of hydrogen-bond acceptors (Lipinski definition) is 3. The Kier molecular flexibility index (Phi) is 2.27. The van der Waals surface area contributed by atoms with E-state index in [0.29, 0.717) is 13.3 Å². The van der Waals surface area contributed by atoms with Crippen molar-refractivity contribution in [1.29, 1.82) is 0 Å². The van der Waals surface area contributed by atoms with E-state index in [0.717, 1.165) is 5.69 Å². The van der Waals surface area contributed by atoms with Crippen LogP contribution in [0.1, 0.15) is 0 Å². The van der Waals surface area contributed by atoms with Gasteiger partial charge in [-0.2, -0.15) is 0 Å². The molecule has 1 aliphatic heterocycles. The van der Waals surface area contributed by atoms with Crippen LogP contribution in [0.15, 0.2) is 30.3 Å². The Hall–Kier alpha value is -1.35. The molecule has 1 fully saturated rings. The number of hydrogen-bond donors (Lipinski definition) is 0. The van der Waals surface area contributed by atoms with Gasteiger partial charge in [0.25, 0.3) is 0 Å². The zero-order valence-corrected chi connectivity index (χ0v) is 7.27. The number of Topliss-reactive ketones (excluding diaryl/α,β-unsaturated/α-hetero) is 1. The first-order valence-corrected chi connectivity index (χ1v) is 4.26. The number of carbonyl (C=O) groups excluding carboxylic acids is 1. The normalized spacial score (nSPS) is 17.5. The van der Waals surface area contributed by atoms with E-state index in [2.05, 4.69) is 0 Å². The summed E-state index contributed by atoms with van der Waals surface area (Å²) in [6.07, 6.45) is 0. The zero-order valence-electron chi connectivity index (χ0n) is 7.27. The minimum absolute atomic E-state index is 0.134. The van der Waals surface area contributed by atoms with Gasteiger partial charge in [0.15, 0.2) is 5.78 Å². The molecule has 0 spiro atoms. The maximum absolute atomic E-state index is 11.1. The smallest absolute Gasteiger partial charge is 0.177 e. The van der Waals surface area contributed by atoms with Crippen molar-refractivity contribution in [3.8, 4) is 0 Å². The molecule has 1 aromatic rings. The molecule has 0 aliphatic carbocycles. The van der Waals surface area contributed by atoms with Gasteiger partial charge in [0.1, 0.15) is 13.3 Å². The fourth-order valence-electron chi connectivity index (χ4n) is 1.38. The lowest BCUT2D eigenvalue weighted by Gasteiger charge is -2.27. The number of ketones is 1. The van der Waals surface area contributed by atoms with Crippen LogP contribution in [0.2, 0.25) is 0 Å². The van der Waals surface area contributed by atoms with Gasteiger partial charge in [-0.05, 0) is 12.1 Å². The largest absolute Gasteiger partial charge is 0.353 e. The SMILES string of the molecule is O=C1COCN(c2ccccc2)C1. The van der Waals surface area contributed by atoms with Crippen LogP contribution in [0, 0.1) is 0 Å². The number of nitrogens with zero attached hydrogens (tertiary/aromatic N) is 1. The Morgan fingerprint density at radius 3 is 2.69 bits per heavy atom. The molecule has 2 rings (SSSR count). The van der Waals surface area contributed by atoms with Crippen LogP contribution in [-0.2, 0) is 9.53 Å². The fraction of sp³-hybridized carbons (Fsp3) is 0.300. The zero-order chi connectivity index (χ0) is 9.10. The summed E-state index contributed by atoms with van der Waals surface area (Å²) in [6.45, 7) is 1.23. The van der Waals surface area contributed by atoms with Gasteiger partial charge in [0.2, 0.25) is 0 Å². The molecule has 0 amide bonds. The van der Waals surface area contributed by atoms with Crippen LogP contribution < -0.4 is 4.90 Å². The van der Waals surface area contributed by atoms with Crippen molar-refractivity contribution in [2.24, 2.45) is 0 Å². The fourth-order valence-corrected chi connectivity index (χ4v) is 1.38. The van der Waals surface area contributed by atoms with Crippen molar-refractivity contribution in [1.82, 2.24) is 0 Å². The highest BCUT2D eigenvalue weighted by Gasteiger charge is 2.16. The second-order valence-electron chi connectivity index (χ2n) is 3.05. The molecule has 3 heteroatoms. The van der Waals surface area contributed by atoms with Crippen LogP contribution in [0.4, 0.5) is 5.69 Å². The Morgan fingerprint density at radius 1 is 1.23 bits per heavy atom. The van der Waals surface area contributed by atoms with E-state index in [4.69, 9.17) is 4.74 Å². The van der Waals surface area contributed by atoms with Gasteiger partial charge < -0.3 is 9.64 Å². The Labute approximate surface area is 76.9 Å². The molecule has 0 atom stereocenters. The summed E-state index contributed by atoms with van der Waals surface area (Å²) >= 11 is 0. The van der Waals surface area contributed by atoms with Crippen LogP contribution in [-0.4, -0.2) is 25.7 Å². The average molecular weight is 177 g/mol. The predicted octanol–water partition coefficient (Wildman–Crippen LogP) is 1.05. The summed E-state index contributed by atoms with van der Waals surface area (Å²) in [4.78, 5) is 13.0. The molecule has 1 aromatic carbocycles. The van der Waals surface area contributed by atoms with Crippen molar-refractivity contribution in [2.45, 2.75) is 0 Å². The monoisotopic (exact) mass is 177 g/mol. The summed E-state index contributed by atoms with van der Waals surface area (Å²) in [5, 5.41) is 0. The number of anilines is 1. The molecule has 0 unspecified atom stereocenters. The Bertz CT molecular complexity index is 297. The number of ether oxygens (including phenoxy) is 1.